The lowest BCUT2D eigenvalue weighted by molar-refractivity contribution is -0.146. The van der Waals surface area contributed by atoms with Crippen LogP contribution in [0.5, 0.6) is 0 Å². The summed E-state index contributed by atoms with van der Waals surface area (Å²) in [6.07, 6.45) is 1.93. The van der Waals surface area contributed by atoms with Gasteiger partial charge in [0.1, 0.15) is 23.7 Å². The van der Waals surface area contributed by atoms with Crippen molar-refractivity contribution < 1.29 is 33.4 Å². The molecule has 1 atom stereocenters. The number of hydrogen-bond acceptors (Lipinski definition) is 9. The zero-order valence-corrected chi connectivity index (χ0v) is 20.4. The standard InChI is InChI=1S/C26H30N2O7/c1-5-6-11-34-23(31)21-22(27)28(14-19(30)33-4)16-10-8-7-9-15(16)26(21)20-17(29)12-25(2,3)13-18(20)35-24(26)32/h7-10H,5-6,11-14,27H2,1-4H3. The zero-order chi connectivity index (χ0) is 25.5. The number of rotatable bonds is 6. The number of carbonyl (C=O) groups is 4. The lowest BCUT2D eigenvalue weighted by Gasteiger charge is -2.41. The molecule has 1 unspecified atom stereocenters. The largest absolute Gasteiger partial charge is 0.468 e. The van der Waals surface area contributed by atoms with E-state index in [9.17, 15) is 19.2 Å². The van der Waals surface area contributed by atoms with E-state index in [2.05, 4.69) is 0 Å². The molecule has 35 heavy (non-hydrogen) atoms. The fourth-order valence-electron chi connectivity index (χ4n) is 5.15. The SMILES string of the molecule is CCCCOC(=O)C1=C(N)N(CC(=O)OC)c2ccccc2C12C(=O)OC1=C2C(=O)CC(C)(C)C1. The third-order valence-corrected chi connectivity index (χ3v) is 6.70. The predicted molar refractivity (Wildman–Crippen MR) is 126 cm³/mol. The van der Waals surface area contributed by atoms with Crippen molar-refractivity contribution in [1.82, 2.24) is 0 Å². The summed E-state index contributed by atoms with van der Waals surface area (Å²) in [5, 5.41) is 0. The van der Waals surface area contributed by atoms with Crippen molar-refractivity contribution in [2.75, 3.05) is 25.2 Å². The monoisotopic (exact) mass is 482 g/mol. The number of ketones is 1. The highest BCUT2D eigenvalue weighted by molar-refractivity contribution is 6.18. The Balaban J connectivity index is 2.01. The third-order valence-electron chi connectivity index (χ3n) is 6.70. The van der Waals surface area contributed by atoms with Gasteiger partial charge in [-0.25, -0.2) is 9.59 Å². The maximum absolute atomic E-state index is 13.8. The molecule has 9 nitrogen and oxygen atoms in total. The summed E-state index contributed by atoms with van der Waals surface area (Å²) in [7, 11) is 1.24. The van der Waals surface area contributed by atoms with Gasteiger partial charge in [0.15, 0.2) is 11.2 Å². The molecule has 9 heteroatoms. The van der Waals surface area contributed by atoms with Crippen LogP contribution < -0.4 is 10.6 Å². The average molecular weight is 483 g/mol. The molecule has 2 heterocycles. The lowest BCUT2D eigenvalue weighted by Crippen LogP contribution is -2.51. The summed E-state index contributed by atoms with van der Waals surface area (Å²) in [5.74, 6) is -2.39. The Hall–Kier alpha value is -3.62. The maximum atomic E-state index is 13.8. The number of methoxy groups -OCH3 is 1. The first-order chi connectivity index (χ1) is 16.6. The normalized spacial score (nSPS) is 22.7. The van der Waals surface area contributed by atoms with Crippen LogP contribution in [0.15, 0.2) is 47.0 Å². The van der Waals surface area contributed by atoms with Gasteiger partial charge in [0.2, 0.25) is 0 Å². The minimum Gasteiger partial charge on any atom is -0.468 e. The van der Waals surface area contributed by atoms with E-state index in [-0.39, 0.29) is 48.1 Å². The van der Waals surface area contributed by atoms with Crippen molar-refractivity contribution in [2.45, 2.75) is 51.9 Å². The Bertz CT molecular complexity index is 1180. The van der Waals surface area contributed by atoms with Crippen LogP contribution in [0.3, 0.4) is 0 Å². The first kappa shape index (κ1) is 24.5. The van der Waals surface area contributed by atoms with Crippen molar-refractivity contribution in [3.05, 3.63) is 52.6 Å². The van der Waals surface area contributed by atoms with Crippen molar-refractivity contribution in [1.29, 1.82) is 0 Å². The van der Waals surface area contributed by atoms with Gasteiger partial charge in [-0.2, -0.15) is 0 Å². The van der Waals surface area contributed by atoms with Crippen molar-refractivity contribution in [3.63, 3.8) is 0 Å². The molecule has 2 N–H and O–H groups in total. The molecule has 0 fully saturated rings. The van der Waals surface area contributed by atoms with E-state index in [0.29, 0.717) is 24.1 Å². The highest BCUT2D eigenvalue weighted by Gasteiger charge is 2.64. The first-order valence-electron chi connectivity index (χ1n) is 11.7. The second-order valence-electron chi connectivity index (χ2n) is 9.81. The number of anilines is 1. The minimum atomic E-state index is -1.88. The van der Waals surface area contributed by atoms with Crippen LogP contribution in [0.1, 0.15) is 52.0 Å². The van der Waals surface area contributed by atoms with Gasteiger partial charge in [-0.05, 0) is 17.9 Å². The molecule has 1 aromatic carbocycles. The van der Waals surface area contributed by atoms with Crippen molar-refractivity contribution in [3.8, 4) is 0 Å². The van der Waals surface area contributed by atoms with Crippen LogP contribution in [0.4, 0.5) is 5.69 Å². The average Bonchev–Trinajstić information content (AvgIpc) is 3.07. The number of carbonyl (C=O) groups excluding carboxylic acids is 4. The number of ether oxygens (including phenoxy) is 3. The van der Waals surface area contributed by atoms with Gasteiger partial charge in [0.25, 0.3) is 0 Å². The summed E-state index contributed by atoms with van der Waals surface area (Å²) < 4.78 is 16.1. The molecule has 0 radical (unpaired) electrons. The summed E-state index contributed by atoms with van der Waals surface area (Å²) in [4.78, 5) is 54.6. The Morgan fingerprint density at radius 1 is 1.17 bits per heavy atom. The van der Waals surface area contributed by atoms with Gasteiger partial charge in [-0.1, -0.05) is 45.4 Å². The van der Waals surface area contributed by atoms with Gasteiger partial charge in [0, 0.05) is 24.1 Å². The first-order valence-corrected chi connectivity index (χ1v) is 11.7. The fourth-order valence-corrected chi connectivity index (χ4v) is 5.15. The molecule has 1 spiro atoms. The van der Waals surface area contributed by atoms with Gasteiger partial charge < -0.3 is 24.8 Å². The number of benzene rings is 1. The summed E-state index contributed by atoms with van der Waals surface area (Å²) in [6, 6.07) is 6.74. The molecule has 0 saturated heterocycles. The summed E-state index contributed by atoms with van der Waals surface area (Å²) >= 11 is 0. The summed E-state index contributed by atoms with van der Waals surface area (Å²) in [5.41, 5.74) is 4.91. The number of fused-ring (bicyclic) bond motifs is 3. The molecular formula is C26H30N2O7. The van der Waals surface area contributed by atoms with Crippen LogP contribution in [-0.2, 0) is 38.8 Å². The van der Waals surface area contributed by atoms with Crippen molar-refractivity contribution in [2.24, 2.45) is 11.1 Å². The van der Waals surface area contributed by atoms with E-state index in [4.69, 9.17) is 19.9 Å². The highest BCUT2D eigenvalue weighted by Crippen LogP contribution is 2.57. The van der Waals surface area contributed by atoms with Crippen LogP contribution in [0.25, 0.3) is 0 Å². The molecule has 0 aromatic heterocycles. The Morgan fingerprint density at radius 2 is 1.89 bits per heavy atom. The van der Waals surface area contributed by atoms with Gasteiger partial charge in [0.05, 0.1) is 19.3 Å². The van der Waals surface area contributed by atoms with Gasteiger partial charge in [-0.3, -0.25) is 9.59 Å². The number of allylic oxidation sites excluding steroid dienone is 1. The molecule has 0 saturated carbocycles. The third kappa shape index (κ3) is 3.79. The van der Waals surface area contributed by atoms with E-state index in [1.54, 1.807) is 24.3 Å². The molecule has 1 aliphatic carbocycles. The van der Waals surface area contributed by atoms with E-state index in [0.717, 1.165) is 6.42 Å². The zero-order valence-electron chi connectivity index (χ0n) is 20.4. The number of Topliss-reactive ketones (excluding diaryl/α,β-unsaturated/α-hetero) is 1. The second kappa shape index (κ2) is 8.87. The van der Waals surface area contributed by atoms with Crippen LogP contribution in [-0.4, -0.2) is 44.0 Å². The van der Waals surface area contributed by atoms with Gasteiger partial charge in [-0.15, -0.1) is 0 Å². The number of unbranched alkanes of at least 4 members (excludes halogenated alkanes) is 1. The molecule has 3 aliphatic rings. The topological polar surface area (TPSA) is 125 Å². The predicted octanol–water partition coefficient (Wildman–Crippen LogP) is 2.63. The van der Waals surface area contributed by atoms with Crippen LogP contribution in [0, 0.1) is 5.41 Å². The summed E-state index contributed by atoms with van der Waals surface area (Å²) in [6.45, 7) is 5.60. The smallest absolute Gasteiger partial charge is 0.339 e. The maximum Gasteiger partial charge on any atom is 0.339 e. The molecular weight excluding hydrogens is 452 g/mol. The minimum absolute atomic E-state index is 0.114. The van der Waals surface area contributed by atoms with E-state index in [1.807, 2.05) is 20.8 Å². The molecule has 0 amide bonds. The highest BCUT2D eigenvalue weighted by atomic mass is 16.6. The fraction of sp³-hybridized carbons (Fsp3) is 0.462. The van der Waals surface area contributed by atoms with E-state index in [1.165, 1.54) is 12.0 Å². The Morgan fingerprint density at radius 3 is 2.57 bits per heavy atom. The number of para-hydroxylation sites is 1. The molecule has 4 rings (SSSR count). The second-order valence-corrected chi connectivity index (χ2v) is 9.81. The Kier molecular flexibility index (Phi) is 6.21. The molecule has 2 aliphatic heterocycles. The lowest BCUT2D eigenvalue weighted by atomic mass is 9.62. The number of nitrogens with zero attached hydrogens (tertiary/aromatic N) is 1. The van der Waals surface area contributed by atoms with Crippen molar-refractivity contribution >= 4 is 29.4 Å². The molecule has 0 bridgehead atoms. The molecule has 1 aromatic rings. The number of hydrogen-bond donors (Lipinski definition) is 1. The quantitative estimate of drug-likeness (QED) is 0.370. The Labute approximate surface area is 203 Å². The van der Waals surface area contributed by atoms with Crippen LogP contribution in [0.2, 0.25) is 0 Å². The van der Waals surface area contributed by atoms with E-state index < -0.39 is 28.7 Å². The molecule has 186 valence electrons. The van der Waals surface area contributed by atoms with E-state index >= 15 is 0 Å². The van der Waals surface area contributed by atoms with Gasteiger partial charge >= 0.3 is 17.9 Å². The number of nitrogens with two attached hydrogens (primary N) is 1. The number of esters is 3. The van der Waals surface area contributed by atoms with Crippen LogP contribution >= 0.6 is 0 Å².